The number of H-pyrrole nitrogens is 1. The zero-order chi connectivity index (χ0) is 38.2. The summed E-state index contributed by atoms with van der Waals surface area (Å²) >= 11 is 17.4. The van der Waals surface area contributed by atoms with Gasteiger partial charge in [-0.25, -0.2) is 19.4 Å². The number of nitrogens with zero attached hydrogens (tertiary/aromatic N) is 2. The molecule has 6 N–H and O–H groups in total. The monoisotopic (exact) mass is 768 g/mol. The second-order valence-electron chi connectivity index (χ2n) is 10.5. The highest BCUT2D eigenvalue weighted by molar-refractivity contribution is 6.31. The average Bonchev–Trinajstić information content (AvgIpc) is 3.13. The Labute approximate surface area is 314 Å². The van der Waals surface area contributed by atoms with Gasteiger partial charge in [0.15, 0.2) is 5.43 Å². The van der Waals surface area contributed by atoms with Gasteiger partial charge < -0.3 is 40.9 Å². The third kappa shape index (κ3) is 12.7. The molecule has 0 spiro atoms. The minimum absolute atomic E-state index is 0.113. The molecule has 6 rings (SSSR count). The first-order valence-corrected chi connectivity index (χ1v) is 16.4. The summed E-state index contributed by atoms with van der Waals surface area (Å²) in [6, 6.07) is 20.9. The van der Waals surface area contributed by atoms with Crippen LogP contribution in [-0.2, 0) is 23.8 Å². The molecule has 3 heterocycles. The number of carbonyl (C=O) groups is 3. The molecule has 1 saturated heterocycles. The molecule has 16 heteroatoms. The Morgan fingerprint density at radius 1 is 0.769 bits per heavy atom. The number of carbonyl (C=O) groups excluding carboxylic acids is 3. The summed E-state index contributed by atoms with van der Waals surface area (Å²) in [7, 11) is 3.60. The Kier molecular flexibility index (Phi) is 16.0. The number of nitrogens with one attached hydrogen (secondary N) is 2. The number of aromatic nitrogens is 2. The van der Waals surface area contributed by atoms with Crippen LogP contribution in [-0.4, -0.2) is 75.4 Å². The summed E-state index contributed by atoms with van der Waals surface area (Å²) in [6.07, 6.45) is 0. The molecule has 0 radical (unpaired) electrons. The van der Waals surface area contributed by atoms with Crippen molar-refractivity contribution in [3.8, 4) is 11.8 Å². The molecule has 0 amide bonds. The van der Waals surface area contributed by atoms with Crippen LogP contribution in [0.3, 0.4) is 0 Å². The zero-order valence-electron chi connectivity index (χ0n) is 28.3. The van der Waals surface area contributed by atoms with Crippen LogP contribution in [0.25, 0.3) is 21.8 Å². The lowest BCUT2D eigenvalue weighted by molar-refractivity contribution is -0.135. The number of aromatic amines is 1. The molecule has 3 aromatic carbocycles. The molecule has 0 saturated carbocycles. The number of nitrogen functional groups attached to an aromatic ring is 2. The second-order valence-corrected chi connectivity index (χ2v) is 11.8. The van der Waals surface area contributed by atoms with Crippen LogP contribution in [0.15, 0.2) is 77.6 Å². The van der Waals surface area contributed by atoms with Crippen LogP contribution in [0.2, 0.25) is 15.1 Å². The first kappa shape index (κ1) is 40.9. The van der Waals surface area contributed by atoms with Crippen LogP contribution >= 0.6 is 34.8 Å². The van der Waals surface area contributed by atoms with E-state index in [-0.39, 0.29) is 11.1 Å². The first-order chi connectivity index (χ1) is 24.8. The first-order valence-electron chi connectivity index (χ1n) is 15.3. The van der Waals surface area contributed by atoms with Crippen molar-refractivity contribution in [3.05, 3.63) is 104 Å². The van der Waals surface area contributed by atoms with Gasteiger partial charge in [0.25, 0.3) is 0 Å². The molecule has 272 valence electrons. The van der Waals surface area contributed by atoms with Crippen LogP contribution in [0.1, 0.15) is 10.5 Å². The Bertz CT molecular complexity index is 2120. The number of fused-ring (bicyclic) bond motifs is 2. The minimum atomic E-state index is -0.759. The van der Waals surface area contributed by atoms with E-state index in [9.17, 15) is 19.2 Å². The standard InChI is InChI=1S/C13H15ClN4.C11H8ClNO3.C6H6ClN.C6H6O4/c14-9-1-2-10-11(7-9)17-13(15)8-12(10)18-5-3-16-4-6-18;1-16-11(15)9-5-10(14)7-3-2-6(12)4-8(7)13-9;7-5-2-1-3-6(8)4-5;1-9-5(7)3-4-6(8)10-2/h1-2,7-8,16H,3-6H2,(H2,15,17);2-5H,1H3,(H,13,14);1-4H,8H2;1-2H3. The topological polar surface area (TPSA) is 192 Å². The van der Waals surface area contributed by atoms with Gasteiger partial charge in [-0.15, -0.1) is 0 Å². The highest BCUT2D eigenvalue weighted by atomic mass is 35.5. The van der Waals surface area contributed by atoms with E-state index in [1.54, 1.807) is 36.4 Å². The molecule has 5 aromatic rings. The van der Waals surface area contributed by atoms with Crippen molar-refractivity contribution < 1.29 is 28.6 Å². The van der Waals surface area contributed by atoms with Gasteiger partial charge >= 0.3 is 17.9 Å². The minimum Gasteiger partial charge on any atom is -0.464 e. The number of piperazine rings is 1. The van der Waals surface area contributed by atoms with Gasteiger partial charge in [-0.3, -0.25) is 4.79 Å². The van der Waals surface area contributed by atoms with Crippen LogP contribution in [0, 0.1) is 11.8 Å². The summed E-state index contributed by atoms with van der Waals surface area (Å²) in [5.41, 5.74) is 14.4. The fourth-order valence-electron chi connectivity index (χ4n) is 4.53. The normalized spacial score (nSPS) is 11.5. The van der Waals surface area contributed by atoms with Gasteiger partial charge in [-0.1, -0.05) is 40.9 Å². The summed E-state index contributed by atoms with van der Waals surface area (Å²) in [5.74, 6) is 2.23. The maximum absolute atomic E-state index is 11.7. The number of rotatable bonds is 2. The molecule has 0 atom stereocenters. The van der Waals surface area contributed by atoms with E-state index >= 15 is 0 Å². The molecule has 1 aliphatic heterocycles. The summed E-state index contributed by atoms with van der Waals surface area (Å²) in [4.78, 5) is 52.9. The van der Waals surface area contributed by atoms with Crippen molar-refractivity contribution in [2.45, 2.75) is 0 Å². The van der Waals surface area contributed by atoms with Gasteiger partial charge in [-0.2, -0.15) is 0 Å². The summed E-state index contributed by atoms with van der Waals surface area (Å²) in [6.45, 7) is 3.97. The van der Waals surface area contributed by atoms with E-state index in [0.717, 1.165) is 42.8 Å². The Morgan fingerprint density at radius 2 is 1.37 bits per heavy atom. The smallest absolute Gasteiger partial charge is 0.384 e. The van der Waals surface area contributed by atoms with Gasteiger partial charge in [0.05, 0.1) is 32.4 Å². The maximum Gasteiger partial charge on any atom is 0.384 e. The van der Waals surface area contributed by atoms with Crippen molar-refractivity contribution in [2.24, 2.45) is 0 Å². The molecule has 52 heavy (non-hydrogen) atoms. The third-order valence-corrected chi connectivity index (χ3v) is 7.62. The highest BCUT2D eigenvalue weighted by Gasteiger charge is 2.15. The number of anilines is 3. The molecule has 0 aliphatic carbocycles. The van der Waals surface area contributed by atoms with Crippen LogP contribution in [0.4, 0.5) is 17.2 Å². The number of halogens is 3. The lowest BCUT2D eigenvalue weighted by Gasteiger charge is -2.30. The fraction of sp³-hybridized carbons (Fsp3) is 0.194. The van der Waals surface area contributed by atoms with Gasteiger partial charge in [-0.05, 0) is 54.6 Å². The number of nitrogens with two attached hydrogens (primary N) is 2. The Hall–Kier alpha value is -5.52. The van der Waals surface area contributed by atoms with Crippen molar-refractivity contribution >= 4 is 91.7 Å². The van der Waals surface area contributed by atoms with Crippen molar-refractivity contribution in [3.63, 3.8) is 0 Å². The number of hydrogen-bond donors (Lipinski definition) is 4. The van der Waals surface area contributed by atoms with Crippen LogP contribution in [0.5, 0.6) is 0 Å². The third-order valence-electron chi connectivity index (χ3n) is 6.91. The van der Waals surface area contributed by atoms with Crippen molar-refractivity contribution in [1.82, 2.24) is 15.3 Å². The largest absolute Gasteiger partial charge is 0.464 e. The van der Waals surface area contributed by atoms with E-state index in [1.807, 2.05) is 42.2 Å². The van der Waals surface area contributed by atoms with E-state index in [4.69, 9.17) is 46.3 Å². The van der Waals surface area contributed by atoms with E-state index in [0.29, 0.717) is 37.5 Å². The summed E-state index contributed by atoms with van der Waals surface area (Å²) < 4.78 is 12.8. The number of esters is 3. The van der Waals surface area contributed by atoms with E-state index < -0.39 is 17.9 Å². The second kappa shape index (κ2) is 20.4. The molecule has 0 bridgehead atoms. The fourth-order valence-corrected chi connectivity index (χ4v) is 5.06. The summed E-state index contributed by atoms with van der Waals surface area (Å²) in [5, 5.41) is 6.80. The number of ether oxygens (including phenoxy) is 3. The molecule has 0 unspecified atom stereocenters. The Balaban J connectivity index is 0.000000197. The Morgan fingerprint density at radius 3 is 1.92 bits per heavy atom. The number of methoxy groups -OCH3 is 3. The average molecular weight is 770 g/mol. The van der Waals surface area contributed by atoms with Crippen molar-refractivity contribution in [2.75, 3.05) is 63.9 Å². The zero-order valence-corrected chi connectivity index (χ0v) is 30.6. The van der Waals surface area contributed by atoms with Crippen LogP contribution < -0.4 is 27.1 Å². The lowest BCUT2D eigenvalue weighted by Crippen LogP contribution is -2.43. The number of benzene rings is 3. The molecule has 13 nitrogen and oxygen atoms in total. The maximum atomic E-state index is 11.7. The molecular weight excluding hydrogens is 735 g/mol. The van der Waals surface area contributed by atoms with Crippen molar-refractivity contribution in [1.29, 1.82) is 0 Å². The predicted octanol–water partition coefficient (Wildman–Crippen LogP) is 5.11. The highest BCUT2D eigenvalue weighted by Crippen LogP contribution is 2.29. The number of hydrogen-bond acceptors (Lipinski definition) is 12. The molecular formula is C36H35Cl3N6O7. The molecule has 1 fully saturated rings. The van der Waals surface area contributed by atoms with Gasteiger partial charge in [0.2, 0.25) is 0 Å². The van der Waals surface area contributed by atoms with E-state index in [1.165, 1.54) is 27.4 Å². The molecule has 1 aliphatic rings. The predicted molar refractivity (Wildman–Crippen MR) is 205 cm³/mol. The van der Waals surface area contributed by atoms with Gasteiger partial charge in [0, 0.05) is 87.4 Å². The lowest BCUT2D eigenvalue weighted by atomic mass is 10.1. The molecule has 2 aromatic heterocycles. The quantitative estimate of drug-likeness (QED) is 0.0611. The number of pyridine rings is 2. The SMILES string of the molecule is COC(=O)C#CC(=O)OC.COC(=O)c1cc(=O)c2ccc(Cl)cc2[nH]1.Nc1cc(N2CCNCC2)c2ccc(Cl)cc2n1.Nc1cccc(Cl)c1. The van der Waals surface area contributed by atoms with Gasteiger partial charge in [0.1, 0.15) is 11.5 Å². The van der Waals surface area contributed by atoms with E-state index in [2.05, 4.69) is 34.4 Å².